The standard InChI is InChI=1S/C24H24N2O2S/c1-16-12-13-17(14-20(16)28-2)15-25-24-22(19-10-6-7-11-21(19)29-24)23(27)26-18-8-4-3-5-9-18/h3-5,8-9,12-15H,6-7,10-11H2,1-2H3,(H,26,27). The fraction of sp³-hybridized carbons (Fsp3) is 0.250. The van der Waals surface area contributed by atoms with E-state index in [0.29, 0.717) is 0 Å². The molecule has 0 atom stereocenters. The van der Waals surface area contributed by atoms with E-state index in [4.69, 9.17) is 9.73 Å². The number of para-hydroxylation sites is 1. The summed E-state index contributed by atoms with van der Waals surface area (Å²) in [5.74, 6) is 0.755. The minimum absolute atomic E-state index is 0.0794. The van der Waals surface area contributed by atoms with Crippen LogP contribution in [0.5, 0.6) is 5.75 Å². The number of fused-ring (bicyclic) bond motifs is 1. The zero-order valence-electron chi connectivity index (χ0n) is 16.7. The summed E-state index contributed by atoms with van der Waals surface area (Å²) in [6.07, 6.45) is 6.08. The highest BCUT2D eigenvalue weighted by molar-refractivity contribution is 7.16. The van der Waals surface area contributed by atoms with E-state index in [-0.39, 0.29) is 5.91 Å². The number of carbonyl (C=O) groups excluding carboxylic acids is 1. The van der Waals surface area contributed by atoms with Gasteiger partial charge in [0, 0.05) is 16.8 Å². The van der Waals surface area contributed by atoms with Gasteiger partial charge in [0.1, 0.15) is 10.8 Å². The molecule has 1 aliphatic rings. The molecule has 0 saturated carbocycles. The van der Waals surface area contributed by atoms with Gasteiger partial charge >= 0.3 is 0 Å². The van der Waals surface area contributed by atoms with Crippen LogP contribution in [0.4, 0.5) is 10.7 Å². The minimum atomic E-state index is -0.0794. The maximum absolute atomic E-state index is 13.1. The van der Waals surface area contributed by atoms with E-state index in [0.717, 1.165) is 52.4 Å². The molecular weight excluding hydrogens is 380 g/mol. The van der Waals surface area contributed by atoms with Crippen LogP contribution in [0.25, 0.3) is 0 Å². The largest absolute Gasteiger partial charge is 0.496 e. The molecule has 1 aliphatic carbocycles. The normalized spacial score (nSPS) is 13.3. The number of amides is 1. The van der Waals surface area contributed by atoms with Crippen LogP contribution >= 0.6 is 11.3 Å². The van der Waals surface area contributed by atoms with Crippen molar-refractivity contribution in [1.29, 1.82) is 0 Å². The quantitative estimate of drug-likeness (QED) is 0.535. The number of anilines is 1. The van der Waals surface area contributed by atoms with Gasteiger partial charge in [0.05, 0.1) is 12.7 Å². The molecule has 3 aromatic rings. The lowest BCUT2D eigenvalue weighted by Gasteiger charge is -2.12. The fourth-order valence-electron chi connectivity index (χ4n) is 3.64. The van der Waals surface area contributed by atoms with Crippen molar-refractivity contribution in [1.82, 2.24) is 0 Å². The first kappa shape index (κ1) is 19.4. The Morgan fingerprint density at radius 3 is 2.72 bits per heavy atom. The number of rotatable bonds is 5. The van der Waals surface area contributed by atoms with Crippen LogP contribution in [-0.4, -0.2) is 19.2 Å². The fourth-order valence-corrected chi connectivity index (χ4v) is 4.87. The summed E-state index contributed by atoms with van der Waals surface area (Å²) in [7, 11) is 1.67. The van der Waals surface area contributed by atoms with Crippen LogP contribution < -0.4 is 10.1 Å². The number of aliphatic imine (C=N–C) groups is 1. The van der Waals surface area contributed by atoms with Gasteiger partial charge < -0.3 is 10.1 Å². The van der Waals surface area contributed by atoms with Crippen molar-refractivity contribution in [2.24, 2.45) is 4.99 Å². The Balaban J connectivity index is 1.68. The summed E-state index contributed by atoms with van der Waals surface area (Å²) in [5.41, 5.74) is 4.73. The molecule has 0 bridgehead atoms. The second kappa shape index (κ2) is 8.62. The average Bonchev–Trinajstić information content (AvgIpc) is 3.12. The van der Waals surface area contributed by atoms with E-state index in [9.17, 15) is 4.79 Å². The Bertz CT molecular complexity index is 1050. The Kier molecular flexibility index (Phi) is 5.76. The zero-order chi connectivity index (χ0) is 20.2. The topological polar surface area (TPSA) is 50.7 Å². The number of hydrogen-bond acceptors (Lipinski definition) is 4. The van der Waals surface area contributed by atoms with E-state index < -0.39 is 0 Å². The van der Waals surface area contributed by atoms with Gasteiger partial charge in [-0.3, -0.25) is 4.79 Å². The molecule has 0 aliphatic heterocycles. The van der Waals surface area contributed by atoms with Crippen LogP contribution in [0.15, 0.2) is 53.5 Å². The van der Waals surface area contributed by atoms with E-state index in [2.05, 4.69) is 5.32 Å². The third-order valence-electron chi connectivity index (χ3n) is 5.17. The molecule has 4 nitrogen and oxygen atoms in total. The van der Waals surface area contributed by atoms with Crippen molar-refractivity contribution < 1.29 is 9.53 Å². The van der Waals surface area contributed by atoms with Crippen LogP contribution in [0.3, 0.4) is 0 Å². The lowest BCUT2D eigenvalue weighted by molar-refractivity contribution is 0.102. The summed E-state index contributed by atoms with van der Waals surface area (Å²) in [6.45, 7) is 2.01. The predicted octanol–water partition coefficient (Wildman–Crippen LogP) is 5.95. The van der Waals surface area contributed by atoms with Gasteiger partial charge in [0.15, 0.2) is 0 Å². The summed E-state index contributed by atoms with van der Waals surface area (Å²) < 4.78 is 5.41. The number of benzene rings is 2. The molecule has 1 N–H and O–H groups in total. The van der Waals surface area contributed by atoms with E-state index in [1.54, 1.807) is 18.4 Å². The third kappa shape index (κ3) is 4.25. The molecule has 148 valence electrons. The second-order valence-corrected chi connectivity index (χ2v) is 8.28. The summed E-state index contributed by atoms with van der Waals surface area (Å²) in [6, 6.07) is 15.6. The first-order valence-electron chi connectivity index (χ1n) is 9.85. The zero-order valence-corrected chi connectivity index (χ0v) is 17.5. The first-order chi connectivity index (χ1) is 14.2. The molecular formula is C24H24N2O2S. The summed E-state index contributed by atoms with van der Waals surface area (Å²) in [5, 5.41) is 3.81. The van der Waals surface area contributed by atoms with Gasteiger partial charge in [-0.05, 0) is 67.5 Å². The van der Waals surface area contributed by atoms with Crippen molar-refractivity contribution in [2.45, 2.75) is 32.6 Å². The van der Waals surface area contributed by atoms with Gasteiger partial charge in [0.25, 0.3) is 5.91 Å². The average molecular weight is 405 g/mol. The number of nitrogens with one attached hydrogen (secondary N) is 1. The van der Waals surface area contributed by atoms with Gasteiger partial charge in [-0.2, -0.15) is 0 Å². The number of thiophene rings is 1. The number of carbonyl (C=O) groups is 1. The lowest BCUT2D eigenvalue weighted by atomic mass is 9.95. The Morgan fingerprint density at radius 1 is 1.14 bits per heavy atom. The van der Waals surface area contributed by atoms with Crippen molar-refractivity contribution in [3.8, 4) is 5.75 Å². The van der Waals surface area contributed by atoms with E-state index in [1.807, 2.05) is 61.7 Å². The molecule has 0 spiro atoms. The van der Waals surface area contributed by atoms with E-state index in [1.165, 1.54) is 16.9 Å². The summed E-state index contributed by atoms with van der Waals surface area (Å²) in [4.78, 5) is 19.1. The van der Waals surface area contributed by atoms with Crippen molar-refractivity contribution in [3.63, 3.8) is 0 Å². The highest BCUT2D eigenvalue weighted by Crippen LogP contribution is 2.40. The smallest absolute Gasteiger partial charge is 0.259 e. The molecule has 0 fully saturated rings. The Morgan fingerprint density at radius 2 is 1.93 bits per heavy atom. The number of ether oxygens (including phenoxy) is 1. The molecule has 29 heavy (non-hydrogen) atoms. The maximum Gasteiger partial charge on any atom is 0.259 e. The molecule has 1 amide bonds. The van der Waals surface area contributed by atoms with Crippen LogP contribution in [-0.2, 0) is 12.8 Å². The number of methoxy groups -OCH3 is 1. The van der Waals surface area contributed by atoms with Gasteiger partial charge in [0.2, 0.25) is 0 Å². The van der Waals surface area contributed by atoms with Gasteiger partial charge in [-0.15, -0.1) is 11.3 Å². The van der Waals surface area contributed by atoms with Crippen LogP contribution in [0.1, 0.15) is 44.8 Å². The van der Waals surface area contributed by atoms with Gasteiger partial charge in [-0.25, -0.2) is 4.99 Å². The molecule has 0 saturated heterocycles. The first-order valence-corrected chi connectivity index (χ1v) is 10.7. The molecule has 5 heteroatoms. The van der Waals surface area contributed by atoms with Crippen molar-refractivity contribution in [2.75, 3.05) is 12.4 Å². The third-order valence-corrected chi connectivity index (χ3v) is 6.37. The molecule has 0 radical (unpaired) electrons. The Hall–Kier alpha value is -2.92. The number of hydrogen-bond donors (Lipinski definition) is 1. The molecule has 2 aromatic carbocycles. The SMILES string of the molecule is COc1cc(C=Nc2sc3c(c2C(=O)Nc2ccccc2)CCCC3)ccc1C. The Labute approximate surface area is 175 Å². The van der Waals surface area contributed by atoms with Crippen molar-refractivity contribution in [3.05, 3.63) is 75.7 Å². The molecule has 0 unspecified atom stereocenters. The van der Waals surface area contributed by atoms with Crippen LogP contribution in [0, 0.1) is 6.92 Å². The second-order valence-electron chi connectivity index (χ2n) is 7.20. The minimum Gasteiger partial charge on any atom is -0.496 e. The van der Waals surface area contributed by atoms with Crippen LogP contribution in [0.2, 0.25) is 0 Å². The molecule has 1 heterocycles. The van der Waals surface area contributed by atoms with E-state index >= 15 is 0 Å². The highest BCUT2D eigenvalue weighted by Gasteiger charge is 2.25. The monoisotopic (exact) mass is 404 g/mol. The number of aryl methyl sites for hydroxylation is 2. The predicted molar refractivity (Wildman–Crippen MR) is 120 cm³/mol. The summed E-state index contributed by atoms with van der Waals surface area (Å²) >= 11 is 1.64. The maximum atomic E-state index is 13.1. The van der Waals surface area contributed by atoms with Crippen molar-refractivity contribution >= 4 is 34.1 Å². The molecule has 1 aromatic heterocycles. The number of nitrogens with zero attached hydrogens (tertiary/aromatic N) is 1. The van der Waals surface area contributed by atoms with Gasteiger partial charge in [-0.1, -0.05) is 30.3 Å². The molecule has 4 rings (SSSR count). The highest BCUT2D eigenvalue weighted by atomic mass is 32.1. The lowest BCUT2D eigenvalue weighted by Crippen LogP contribution is -2.14.